The van der Waals surface area contributed by atoms with Gasteiger partial charge in [0, 0.05) is 6.04 Å². The summed E-state index contributed by atoms with van der Waals surface area (Å²) in [5, 5.41) is 3.62. The van der Waals surface area contributed by atoms with Gasteiger partial charge >= 0.3 is 0 Å². The van der Waals surface area contributed by atoms with Crippen molar-refractivity contribution in [2.75, 3.05) is 13.7 Å². The van der Waals surface area contributed by atoms with Crippen molar-refractivity contribution in [3.8, 4) is 5.75 Å². The molecule has 0 saturated carbocycles. The molecule has 0 bridgehead atoms. The van der Waals surface area contributed by atoms with Crippen molar-refractivity contribution in [2.45, 2.75) is 59.4 Å². The first-order valence-corrected chi connectivity index (χ1v) is 7.52. The number of aryl methyl sites for hydroxylation is 2. The van der Waals surface area contributed by atoms with Crippen molar-refractivity contribution in [2.24, 2.45) is 0 Å². The second-order valence-corrected chi connectivity index (χ2v) is 5.28. The van der Waals surface area contributed by atoms with Crippen LogP contribution in [-0.2, 0) is 0 Å². The predicted octanol–water partition coefficient (Wildman–Crippen LogP) is 4.54. The van der Waals surface area contributed by atoms with Crippen molar-refractivity contribution in [3.63, 3.8) is 0 Å². The molecule has 0 heterocycles. The van der Waals surface area contributed by atoms with Crippen molar-refractivity contribution in [3.05, 3.63) is 28.8 Å². The molecule has 1 aromatic carbocycles. The van der Waals surface area contributed by atoms with Gasteiger partial charge in [-0.25, -0.2) is 0 Å². The third-order valence-corrected chi connectivity index (χ3v) is 3.71. The van der Waals surface area contributed by atoms with Crippen LogP contribution in [0.15, 0.2) is 12.1 Å². The Labute approximate surface area is 118 Å². The smallest absolute Gasteiger partial charge is 0.122 e. The lowest BCUT2D eigenvalue weighted by Crippen LogP contribution is -2.22. The molecule has 0 radical (unpaired) electrons. The fourth-order valence-electron chi connectivity index (χ4n) is 2.62. The van der Waals surface area contributed by atoms with E-state index in [2.05, 4.69) is 45.1 Å². The van der Waals surface area contributed by atoms with Crippen LogP contribution in [0.1, 0.15) is 62.3 Å². The molecule has 108 valence electrons. The van der Waals surface area contributed by atoms with Gasteiger partial charge < -0.3 is 10.1 Å². The first kappa shape index (κ1) is 16.0. The van der Waals surface area contributed by atoms with Crippen LogP contribution < -0.4 is 10.1 Å². The van der Waals surface area contributed by atoms with Gasteiger partial charge in [-0.1, -0.05) is 39.2 Å². The fraction of sp³-hybridized carbons (Fsp3) is 0.647. The molecule has 2 nitrogen and oxygen atoms in total. The number of nitrogens with one attached hydrogen (secondary N) is 1. The number of benzene rings is 1. The van der Waals surface area contributed by atoms with Gasteiger partial charge in [-0.3, -0.25) is 0 Å². The van der Waals surface area contributed by atoms with E-state index in [0.717, 1.165) is 12.3 Å². The second kappa shape index (κ2) is 8.21. The lowest BCUT2D eigenvalue weighted by molar-refractivity contribution is 0.410. The van der Waals surface area contributed by atoms with Crippen LogP contribution in [0.2, 0.25) is 0 Å². The standard InChI is InChI=1S/C17H29NO/c1-6-8-9-10-16(18-7-2)15-11-14(4)17(19-5)12-13(15)3/h11-12,16,18H,6-10H2,1-5H3. The van der Waals surface area contributed by atoms with E-state index < -0.39 is 0 Å². The number of ether oxygens (including phenoxy) is 1. The van der Waals surface area contributed by atoms with Crippen LogP contribution in [-0.4, -0.2) is 13.7 Å². The zero-order valence-corrected chi connectivity index (χ0v) is 13.2. The third-order valence-electron chi connectivity index (χ3n) is 3.71. The maximum Gasteiger partial charge on any atom is 0.122 e. The summed E-state index contributed by atoms with van der Waals surface area (Å²) in [5.74, 6) is 0.991. The van der Waals surface area contributed by atoms with Crippen LogP contribution in [0.3, 0.4) is 0 Å². The Kier molecular flexibility index (Phi) is 6.93. The van der Waals surface area contributed by atoms with E-state index in [1.165, 1.54) is 42.4 Å². The maximum atomic E-state index is 5.40. The van der Waals surface area contributed by atoms with Crippen LogP contribution in [0.5, 0.6) is 5.75 Å². The van der Waals surface area contributed by atoms with Gasteiger partial charge in [0.1, 0.15) is 5.75 Å². The molecule has 0 aliphatic carbocycles. The molecule has 0 amide bonds. The fourth-order valence-corrected chi connectivity index (χ4v) is 2.62. The summed E-state index contributed by atoms with van der Waals surface area (Å²) in [4.78, 5) is 0. The highest BCUT2D eigenvalue weighted by Crippen LogP contribution is 2.29. The molecule has 0 aromatic heterocycles. The van der Waals surface area contributed by atoms with E-state index in [4.69, 9.17) is 4.74 Å². The average Bonchev–Trinajstić information content (AvgIpc) is 2.40. The zero-order chi connectivity index (χ0) is 14.3. The quantitative estimate of drug-likeness (QED) is 0.695. The molecule has 0 spiro atoms. The van der Waals surface area contributed by atoms with E-state index >= 15 is 0 Å². The number of unbranched alkanes of at least 4 members (excludes halogenated alkanes) is 2. The molecule has 1 rings (SSSR count). The molecule has 0 aliphatic heterocycles. The molecule has 0 aliphatic rings. The van der Waals surface area contributed by atoms with Crippen molar-refractivity contribution < 1.29 is 4.74 Å². The Bertz CT molecular complexity index is 387. The maximum absolute atomic E-state index is 5.40. The number of methoxy groups -OCH3 is 1. The van der Waals surface area contributed by atoms with E-state index in [1.807, 2.05) is 0 Å². The summed E-state index contributed by atoms with van der Waals surface area (Å²) < 4.78 is 5.40. The summed E-state index contributed by atoms with van der Waals surface area (Å²) in [6.07, 6.45) is 5.10. The predicted molar refractivity (Wildman–Crippen MR) is 83.0 cm³/mol. The number of hydrogen-bond donors (Lipinski definition) is 1. The molecule has 1 atom stereocenters. The average molecular weight is 263 g/mol. The van der Waals surface area contributed by atoms with Crippen LogP contribution in [0.4, 0.5) is 0 Å². The normalized spacial score (nSPS) is 12.5. The first-order valence-electron chi connectivity index (χ1n) is 7.52. The highest BCUT2D eigenvalue weighted by molar-refractivity contribution is 5.42. The van der Waals surface area contributed by atoms with Gasteiger partial charge in [0.05, 0.1) is 7.11 Å². The summed E-state index contributed by atoms with van der Waals surface area (Å²) >= 11 is 0. The molecule has 19 heavy (non-hydrogen) atoms. The highest BCUT2D eigenvalue weighted by atomic mass is 16.5. The highest BCUT2D eigenvalue weighted by Gasteiger charge is 2.14. The molecule has 1 N–H and O–H groups in total. The summed E-state index contributed by atoms with van der Waals surface area (Å²) in [6, 6.07) is 4.92. The van der Waals surface area contributed by atoms with E-state index in [-0.39, 0.29) is 0 Å². The van der Waals surface area contributed by atoms with E-state index in [9.17, 15) is 0 Å². The lowest BCUT2D eigenvalue weighted by Gasteiger charge is -2.22. The van der Waals surface area contributed by atoms with Crippen molar-refractivity contribution in [1.29, 1.82) is 0 Å². The molecule has 0 fully saturated rings. The minimum Gasteiger partial charge on any atom is -0.496 e. The Balaban J connectivity index is 2.91. The molecule has 0 saturated heterocycles. The van der Waals surface area contributed by atoms with Crippen LogP contribution in [0.25, 0.3) is 0 Å². The van der Waals surface area contributed by atoms with Gasteiger partial charge in [0.25, 0.3) is 0 Å². The monoisotopic (exact) mass is 263 g/mol. The number of rotatable bonds is 8. The Morgan fingerprint density at radius 3 is 2.42 bits per heavy atom. The second-order valence-electron chi connectivity index (χ2n) is 5.28. The van der Waals surface area contributed by atoms with Crippen LogP contribution in [0, 0.1) is 13.8 Å². The van der Waals surface area contributed by atoms with Crippen LogP contribution >= 0.6 is 0 Å². The minimum absolute atomic E-state index is 0.473. The van der Waals surface area contributed by atoms with Gasteiger partial charge in [0.2, 0.25) is 0 Å². The number of hydrogen-bond acceptors (Lipinski definition) is 2. The largest absolute Gasteiger partial charge is 0.496 e. The van der Waals surface area contributed by atoms with Gasteiger partial charge in [-0.05, 0) is 49.6 Å². The molecule has 1 aromatic rings. The van der Waals surface area contributed by atoms with E-state index in [0.29, 0.717) is 6.04 Å². The zero-order valence-electron chi connectivity index (χ0n) is 13.2. The molecular formula is C17H29NO. The lowest BCUT2D eigenvalue weighted by atomic mass is 9.94. The molecular weight excluding hydrogens is 234 g/mol. The molecule has 1 unspecified atom stereocenters. The summed E-state index contributed by atoms with van der Waals surface area (Å²) in [6.45, 7) is 9.75. The van der Waals surface area contributed by atoms with Gasteiger partial charge in [-0.15, -0.1) is 0 Å². The van der Waals surface area contributed by atoms with Crippen molar-refractivity contribution in [1.82, 2.24) is 5.32 Å². The Hall–Kier alpha value is -1.02. The summed E-state index contributed by atoms with van der Waals surface area (Å²) in [7, 11) is 1.74. The SMILES string of the molecule is CCCCCC(NCC)c1cc(C)c(OC)cc1C. The third kappa shape index (κ3) is 4.54. The van der Waals surface area contributed by atoms with Gasteiger partial charge in [-0.2, -0.15) is 0 Å². The van der Waals surface area contributed by atoms with Crippen molar-refractivity contribution >= 4 is 0 Å². The van der Waals surface area contributed by atoms with E-state index in [1.54, 1.807) is 7.11 Å². The topological polar surface area (TPSA) is 21.3 Å². The Morgan fingerprint density at radius 2 is 1.84 bits per heavy atom. The van der Waals surface area contributed by atoms with Gasteiger partial charge in [0.15, 0.2) is 0 Å². The Morgan fingerprint density at radius 1 is 1.11 bits per heavy atom. The minimum atomic E-state index is 0.473. The summed E-state index contributed by atoms with van der Waals surface area (Å²) in [5.41, 5.74) is 3.97. The first-order chi connectivity index (χ1) is 9.13. The molecule has 2 heteroatoms.